The fourth-order valence-corrected chi connectivity index (χ4v) is 3.94. The molecule has 0 atom stereocenters. The number of halogens is 1. The van der Waals surface area contributed by atoms with Gasteiger partial charge in [0.25, 0.3) is 10.0 Å². The molecule has 34 heavy (non-hydrogen) atoms. The van der Waals surface area contributed by atoms with Gasteiger partial charge in [-0.3, -0.25) is 9.71 Å². The summed E-state index contributed by atoms with van der Waals surface area (Å²) in [6.07, 6.45) is 4.61. The van der Waals surface area contributed by atoms with E-state index < -0.39 is 10.0 Å². The number of sulfonamides is 1. The summed E-state index contributed by atoms with van der Waals surface area (Å²) in [6.45, 7) is 0. The van der Waals surface area contributed by atoms with E-state index in [2.05, 4.69) is 19.7 Å². The van der Waals surface area contributed by atoms with Crippen molar-refractivity contribution < 1.29 is 17.9 Å². The molecule has 0 bridgehead atoms. The molecule has 0 radical (unpaired) electrons. The molecule has 0 amide bonds. The first-order valence-corrected chi connectivity index (χ1v) is 11.9. The monoisotopic (exact) mass is 494 g/mol. The SMILES string of the molecule is COc1ccccc1Oc1c(Cl)nc(-c2cccnc2)nc1NS(=O)(=O)C=Cc1ccccc1. The van der Waals surface area contributed by atoms with Crippen LogP contribution in [0.3, 0.4) is 0 Å². The molecule has 0 fully saturated rings. The Labute approximate surface area is 202 Å². The van der Waals surface area contributed by atoms with Crippen LogP contribution in [-0.4, -0.2) is 30.5 Å². The first kappa shape index (κ1) is 23.2. The van der Waals surface area contributed by atoms with E-state index in [1.807, 2.05) is 18.2 Å². The summed E-state index contributed by atoms with van der Waals surface area (Å²) >= 11 is 6.44. The molecule has 0 saturated heterocycles. The molecule has 2 aromatic heterocycles. The zero-order valence-electron chi connectivity index (χ0n) is 17.9. The van der Waals surface area contributed by atoms with Gasteiger partial charge in [-0.25, -0.2) is 18.4 Å². The average Bonchev–Trinajstić information content (AvgIpc) is 2.86. The van der Waals surface area contributed by atoms with Crippen LogP contribution in [0.15, 0.2) is 84.5 Å². The number of para-hydroxylation sites is 2. The third-order valence-electron chi connectivity index (χ3n) is 4.50. The zero-order valence-corrected chi connectivity index (χ0v) is 19.5. The van der Waals surface area contributed by atoms with Crippen LogP contribution < -0.4 is 14.2 Å². The van der Waals surface area contributed by atoms with Crippen molar-refractivity contribution in [1.29, 1.82) is 0 Å². The van der Waals surface area contributed by atoms with Crippen molar-refractivity contribution in [3.8, 4) is 28.6 Å². The molecule has 4 rings (SSSR count). The molecule has 4 aromatic rings. The first-order chi connectivity index (χ1) is 16.4. The van der Waals surface area contributed by atoms with Crippen LogP contribution in [0, 0.1) is 0 Å². The molecule has 1 N–H and O–H groups in total. The van der Waals surface area contributed by atoms with Crippen molar-refractivity contribution in [2.24, 2.45) is 0 Å². The maximum Gasteiger partial charge on any atom is 0.256 e. The van der Waals surface area contributed by atoms with Gasteiger partial charge in [0, 0.05) is 18.0 Å². The lowest BCUT2D eigenvalue weighted by atomic mass is 10.2. The molecule has 0 aliphatic heterocycles. The van der Waals surface area contributed by atoms with E-state index in [1.54, 1.807) is 60.9 Å². The summed E-state index contributed by atoms with van der Waals surface area (Å²) in [5.41, 5.74) is 1.27. The molecule has 0 aliphatic carbocycles. The van der Waals surface area contributed by atoms with Gasteiger partial charge in [0.1, 0.15) is 0 Å². The molecular formula is C24H19ClN4O4S. The second-order valence-corrected chi connectivity index (χ2v) is 8.80. The Morgan fingerprint density at radius 1 is 0.941 bits per heavy atom. The van der Waals surface area contributed by atoms with Crippen LogP contribution in [0.2, 0.25) is 5.15 Å². The number of ether oxygens (including phenoxy) is 2. The van der Waals surface area contributed by atoms with Crippen molar-refractivity contribution in [3.05, 3.63) is 95.2 Å². The summed E-state index contributed by atoms with van der Waals surface area (Å²) in [4.78, 5) is 12.7. The van der Waals surface area contributed by atoms with Crippen molar-refractivity contribution >= 4 is 33.5 Å². The highest BCUT2D eigenvalue weighted by Crippen LogP contribution is 2.39. The number of methoxy groups -OCH3 is 1. The fourth-order valence-electron chi connectivity index (χ4n) is 2.92. The largest absolute Gasteiger partial charge is 0.493 e. The van der Waals surface area contributed by atoms with E-state index in [0.29, 0.717) is 17.1 Å². The average molecular weight is 495 g/mol. The predicted octanol–water partition coefficient (Wildman–Crippen LogP) is 5.41. The standard InChI is InChI=1S/C24H19ClN4O4S/c1-32-19-11-5-6-12-20(19)33-21-22(25)27-23(18-10-7-14-26-16-18)28-24(21)29-34(30,31)15-13-17-8-3-2-4-9-17/h2-16H,1H3,(H,27,28,29). The number of hydrogen-bond acceptors (Lipinski definition) is 7. The van der Waals surface area contributed by atoms with Gasteiger partial charge in [0.2, 0.25) is 5.75 Å². The molecule has 2 aromatic carbocycles. The maximum atomic E-state index is 12.9. The number of rotatable bonds is 8. The third kappa shape index (κ3) is 5.69. The lowest BCUT2D eigenvalue weighted by Gasteiger charge is -2.15. The number of pyridine rings is 1. The Morgan fingerprint density at radius 3 is 2.38 bits per heavy atom. The Balaban J connectivity index is 1.76. The third-order valence-corrected chi connectivity index (χ3v) is 5.73. The Bertz CT molecular complexity index is 1420. The molecular weight excluding hydrogens is 476 g/mol. The number of aromatic nitrogens is 3. The number of nitrogens with one attached hydrogen (secondary N) is 1. The van der Waals surface area contributed by atoms with E-state index in [4.69, 9.17) is 21.1 Å². The van der Waals surface area contributed by atoms with Crippen molar-refractivity contribution in [2.45, 2.75) is 0 Å². The molecule has 10 heteroatoms. The van der Waals surface area contributed by atoms with Gasteiger partial charge in [-0.2, -0.15) is 0 Å². The van der Waals surface area contributed by atoms with Crippen molar-refractivity contribution in [2.75, 3.05) is 11.8 Å². The predicted molar refractivity (Wildman–Crippen MR) is 131 cm³/mol. The molecule has 0 spiro atoms. The highest BCUT2D eigenvalue weighted by atomic mass is 35.5. The van der Waals surface area contributed by atoms with Crippen LogP contribution in [0.1, 0.15) is 5.56 Å². The molecule has 0 aliphatic rings. The molecule has 0 unspecified atom stereocenters. The van der Waals surface area contributed by atoms with Crippen LogP contribution in [0.4, 0.5) is 5.82 Å². The molecule has 0 saturated carbocycles. The zero-order chi connectivity index (χ0) is 24.0. The quantitative estimate of drug-likeness (QED) is 0.327. The Morgan fingerprint density at radius 2 is 1.68 bits per heavy atom. The van der Waals surface area contributed by atoms with Gasteiger partial charge in [0.05, 0.1) is 12.5 Å². The lowest BCUT2D eigenvalue weighted by molar-refractivity contribution is 0.378. The van der Waals surface area contributed by atoms with E-state index in [0.717, 1.165) is 11.0 Å². The number of benzene rings is 2. The van der Waals surface area contributed by atoms with Crippen molar-refractivity contribution in [3.63, 3.8) is 0 Å². The first-order valence-electron chi connectivity index (χ1n) is 10.00. The highest BCUT2D eigenvalue weighted by Gasteiger charge is 2.21. The van der Waals surface area contributed by atoms with E-state index in [1.165, 1.54) is 13.2 Å². The lowest BCUT2D eigenvalue weighted by Crippen LogP contribution is -2.12. The van der Waals surface area contributed by atoms with Crippen LogP contribution in [0.25, 0.3) is 17.5 Å². The van der Waals surface area contributed by atoms with Gasteiger partial charge in [-0.1, -0.05) is 54.1 Å². The van der Waals surface area contributed by atoms with E-state index in [9.17, 15) is 8.42 Å². The van der Waals surface area contributed by atoms with Gasteiger partial charge in [0.15, 0.2) is 28.3 Å². The van der Waals surface area contributed by atoms with Gasteiger partial charge in [-0.15, -0.1) is 0 Å². The smallest absolute Gasteiger partial charge is 0.256 e. The second kappa shape index (κ2) is 10.3. The van der Waals surface area contributed by atoms with Crippen LogP contribution in [0.5, 0.6) is 17.2 Å². The summed E-state index contributed by atoms with van der Waals surface area (Å²) in [5, 5.41) is 0.944. The van der Waals surface area contributed by atoms with Gasteiger partial charge >= 0.3 is 0 Å². The molecule has 2 heterocycles. The topological polar surface area (TPSA) is 103 Å². The van der Waals surface area contributed by atoms with E-state index in [-0.39, 0.29) is 22.5 Å². The number of anilines is 1. The number of hydrogen-bond donors (Lipinski definition) is 1. The summed E-state index contributed by atoms with van der Waals surface area (Å²) < 4.78 is 39.4. The minimum Gasteiger partial charge on any atom is -0.493 e. The summed E-state index contributed by atoms with van der Waals surface area (Å²) in [7, 11) is -2.50. The number of nitrogens with zero attached hydrogens (tertiary/aromatic N) is 3. The maximum absolute atomic E-state index is 12.9. The Kier molecular flexibility index (Phi) is 7.05. The molecule has 172 valence electrons. The normalized spacial score (nSPS) is 11.4. The second-order valence-electron chi connectivity index (χ2n) is 6.87. The Hall–Kier alpha value is -3.95. The summed E-state index contributed by atoms with van der Waals surface area (Å²) in [6, 6.07) is 19.3. The van der Waals surface area contributed by atoms with Crippen LogP contribution in [-0.2, 0) is 10.0 Å². The van der Waals surface area contributed by atoms with Gasteiger partial charge < -0.3 is 9.47 Å². The summed E-state index contributed by atoms with van der Waals surface area (Å²) in [5.74, 6) is 0.700. The minimum absolute atomic E-state index is 0.0736. The van der Waals surface area contributed by atoms with Gasteiger partial charge in [-0.05, 0) is 35.9 Å². The molecule has 8 nitrogen and oxygen atoms in total. The minimum atomic E-state index is -3.99. The van der Waals surface area contributed by atoms with Crippen LogP contribution >= 0.6 is 11.6 Å². The van der Waals surface area contributed by atoms with E-state index >= 15 is 0 Å². The fraction of sp³-hybridized carbons (Fsp3) is 0.0417. The van der Waals surface area contributed by atoms with Crippen molar-refractivity contribution in [1.82, 2.24) is 15.0 Å². The highest BCUT2D eigenvalue weighted by molar-refractivity contribution is 7.95.